The molecule has 1 aliphatic rings. The van der Waals surface area contributed by atoms with E-state index in [9.17, 15) is 4.79 Å². The third-order valence-corrected chi connectivity index (χ3v) is 3.27. The average molecular weight is 299 g/mol. The molecule has 0 saturated heterocycles. The maximum absolute atomic E-state index is 11.7. The fourth-order valence-corrected chi connectivity index (χ4v) is 2.08. The highest BCUT2D eigenvalue weighted by molar-refractivity contribution is 6.22. The van der Waals surface area contributed by atoms with Gasteiger partial charge >= 0.3 is 0 Å². The number of unbranched alkanes of at least 4 members (excludes halogenated alkanes) is 1. The standard InChI is InChI=1S/C13H9NO.C4H10.C2H6.CH4/c14-10-6-4-8-2-1-3-9-5-7-11(15)13(10)12(8)9;1-3-4-2;1-2;/h1-7H,14H2;3-4H2,1-2H3;1-2H3;1H4. The van der Waals surface area contributed by atoms with Crippen LogP contribution >= 0.6 is 0 Å². The van der Waals surface area contributed by atoms with Gasteiger partial charge < -0.3 is 5.73 Å². The van der Waals surface area contributed by atoms with Crippen molar-refractivity contribution in [3.63, 3.8) is 0 Å². The first-order chi connectivity index (χ1) is 10.2. The zero-order chi connectivity index (χ0) is 15.8. The second-order valence-corrected chi connectivity index (χ2v) is 4.67. The lowest BCUT2D eigenvalue weighted by Gasteiger charge is -2.13. The van der Waals surface area contributed by atoms with Crippen molar-refractivity contribution >= 4 is 28.3 Å². The van der Waals surface area contributed by atoms with Crippen molar-refractivity contribution in [3.8, 4) is 0 Å². The Hall–Kier alpha value is -2.09. The van der Waals surface area contributed by atoms with Crippen LogP contribution in [0.4, 0.5) is 5.69 Å². The van der Waals surface area contributed by atoms with Gasteiger partial charge in [-0.15, -0.1) is 0 Å². The Balaban J connectivity index is 0.000000555. The Morgan fingerprint density at radius 2 is 1.59 bits per heavy atom. The Morgan fingerprint density at radius 3 is 2.18 bits per heavy atom. The molecule has 2 heteroatoms. The van der Waals surface area contributed by atoms with E-state index in [4.69, 9.17) is 5.73 Å². The monoisotopic (exact) mass is 299 g/mol. The number of rotatable bonds is 1. The van der Waals surface area contributed by atoms with Crippen molar-refractivity contribution in [1.82, 2.24) is 0 Å². The van der Waals surface area contributed by atoms with Crippen LogP contribution in [-0.2, 0) is 0 Å². The van der Waals surface area contributed by atoms with Gasteiger partial charge in [0.2, 0.25) is 0 Å². The second kappa shape index (κ2) is 9.78. The summed E-state index contributed by atoms with van der Waals surface area (Å²) in [5, 5.41) is 2.04. The molecule has 120 valence electrons. The minimum Gasteiger partial charge on any atom is -0.398 e. The van der Waals surface area contributed by atoms with Crippen LogP contribution in [0.3, 0.4) is 0 Å². The van der Waals surface area contributed by atoms with Crippen LogP contribution in [0.25, 0.3) is 16.8 Å². The molecule has 0 unspecified atom stereocenters. The van der Waals surface area contributed by atoms with Gasteiger partial charge in [-0.05, 0) is 23.1 Å². The van der Waals surface area contributed by atoms with E-state index in [-0.39, 0.29) is 13.2 Å². The zero-order valence-electron chi connectivity index (χ0n) is 13.4. The fourth-order valence-electron chi connectivity index (χ4n) is 2.08. The number of carbonyl (C=O) groups is 1. The molecular weight excluding hydrogens is 270 g/mol. The van der Waals surface area contributed by atoms with Crippen LogP contribution in [0.2, 0.25) is 0 Å². The lowest BCUT2D eigenvalue weighted by atomic mass is 9.91. The summed E-state index contributed by atoms with van der Waals surface area (Å²) in [7, 11) is 0. The molecule has 2 aromatic carbocycles. The smallest absolute Gasteiger partial charge is 0.188 e. The van der Waals surface area contributed by atoms with E-state index in [2.05, 4.69) is 13.8 Å². The molecule has 0 spiro atoms. The average Bonchev–Trinajstić information content (AvgIpc) is 2.54. The van der Waals surface area contributed by atoms with Gasteiger partial charge in [0.1, 0.15) is 0 Å². The van der Waals surface area contributed by atoms with E-state index in [1.807, 2.05) is 44.2 Å². The number of carbonyl (C=O) groups excluding carboxylic acids is 1. The molecule has 0 aliphatic heterocycles. The van der Waals surface area contributed by atoms with Gasteiger partial charge in [0.15, 0.2) is 5.78 Å². The first-order valence-electron chi connectivity index (χ1n) is 7.72. The minimum absolute atomic E-state index is 0. The zero-order valence-corrected chi connectivity index (χ0v) is 13.4. The number of nitrogens with two attached hydrogens (primary N) is 1. The molecule has 0 aromatic heterocycles. The molecule has 2 N–H and O–H groups in total. The molecule has 2 aromatic rings. The predicted molar refractivity (Wildman–Crippen MR) is 100 cm³/mol. The van der Waals surface area contributed by atoms with Gasteiger partial charge in [0.25, 0.3) is 0 Å². The van der Waals surface area contributed by atoms with Crippen LogP contribution in [-0.4, -0.2) is 5.78 Å². The van der Waals surface area contributed by atoms with Crippen molar-refractivity contribution in [2.75, 3.05) is 5.73 Å². The summed E-state index contributed by atoms with van der Waals surface area (Å²) in [6.45, 7) is 8.36. The molecule has 0 amide bonds. The Morgan fingerprint density at radius 1 is 0.955 bits per heavy atom. The number of hydrogen-bond acceptors (Lipinski definition) is 2. The number of hydrogen-bond donors (Lipinski definition) is 1. The Bertz CT molecular complexity index is 639. The molecule has 0 atom stereocenters. The third kappa shape index (κ3) is 4.20. The molecule has 0 saturated carbocycles. The highest BCUT2D eigenvalue weighted by Gasteiger charge is 2.16. The van der Waals surface area contributed by atoms with Crippen molar-refractivity contribution in [1.29, 1.82) is 0 Å². The topological polar surface area (TPSA) is 43.1 Å². The first-order valence-corrected chi connectivity index (χ1v) is 7.72. The van der Waals surface area contributed by atoms with Crippen LogP contribution in [0, 0.1) is 0 Å². The van der Waals surface area contributed by atoms with E-state index in [0.717, 1.165) is 16.3 Å². The second-order valence-electron chi connectivity index (χ2n) is 4.67. The minimum atomic E-state index is -0.00296. The van der Waals surface area contributed by atoms with Gasteiger partial charge in [-0.2, -0.15) is 0 Å². The SMILES string of the molecule is C.CC.CCCC.Nc1ccc2cccc3c2c1C(=O)C=C3. The lowest BCUT2D eigenvalue weighted by molar-refractivity contribution is 0.104. The summed E-state index contributed by atoms with van der Waals surface area (Å²) in [5.74, 6) is -0.00296. The number of ketones is 1. The van der Waals surface area contributed by atoms with Crippen LogP contribution < -0.4 is 5.73 Å². The highest BCUT2D eigenvalue weighted by atomic mass is 16.1. The normalized spacial score (nSPS) is 10.8. The van der Waals surface area contributed by atoms with Gasteiger partial charge in [-0.3, -0.25) is 4.79 Å². The van der Waals surface area contributed by atoms with E-state index in [0.29, 0.717) is 11.3 Å². The van der Waals surface area contributed by atoms with Crippen molar-refractivity contribution in [2.45, 2.75) is 48.0 Å². The van der Waals surface area contributed by atoms with E-state index >= 15 is 0 Å². The largest absolute Gasteiger partial charge is 0.398 e. The number of benzene rings is 2. The van der Waals surface area contributed by atoms with Crippen molar-refractivity contribution in [3.05, 3.63) is 47.5 Å². The summed E-state index contributed by atoms with van der Waals surface area (Å²) < 4.78 is 0. The van der Waals surface area contributed by atoms with Gasteiger partial charge in [-0.1, -0.05) is 78.3 Å². The molecule has 0 radical (unpaired) electrons. The number of anilines is 1. The molecule has 3 rings (SSSR count). The van der Waals surface area contributed by atoms with E-state index in [1.54, 1.807) is 12.1 Å². The van der Waals surface area contributed by atoms with E-state index in [1.165, 1.54) is 12.8 Å². The van der Waals surface area contributed by atoms with Gasteiger partial charge in [-0.25, -0.2) is 0 Å². The molecule has 0 heterocycles. The number of nitrogen functional groups attached to an aromatic ring is 1. The van der Waals surface area contributed by atoms with Crippen LogP contribution in [0.5, 0.6) is 0 Å². The van der Waals surface area contributed by atoms with Gasteiger partial charge in [0.05, 0.1) is 5.56 Å². The van der Waals surface area contributed by atoms with Crippen molar-refractivity contribution < 1.29 is 4.79 Å². The summed E-state index contributed by atoms with van der Waals surface area (Å²) in [4.78, 5) is 11.7. The Kier molecular flexibility index (Phi) is 8.85. The summed E-state index contributed by atoms with van der Waals surface area (Å²) >= 11 is 0. The van der Waals surface area contributed by atoms with E-state index < -0.39 is 0 Å². The van der Waals surface area contributed by atoms with Crippen LogP contribution in [0.15, 0.2) is 36.4 Å². The molecule has 22 heavy (non-hydrogen) atoms. The fraction of sp³-hybridized carbons (Fsp3) is 0.350. The Labute approximate surface area is 135 Å². The maximum atomic E-state index is 11.7. The third-order valence-electron chi connectivity index (χ3n) is 3.27. The summed E-state index contributed by atoms with van der Waals surface area (Å²) in [5.41, 5.74) is 8.10. The van der Waals surface area contributed by atoms with Crippen LogP contribution in [0.1, 0.15) is 63.9 Å². The molecule has 1 aliphatic carbocycles. The van der Waals surface area contributed by atoms with Crippen molar-refractivity contribution in [2.24, 2.45) is 0 Å². The molecule has 0 bridgehead atoms. The summed E-state index contributed by atoms with van der Waals surface area (Å²) in [6.07, 6.45) is 6.06. The molecular formula is C20H29NO. The summed E-state index contributed by atoms with van der Waals surface area (Å²) in [6, 6.07) is 9.71. The maximum Gasteiger partial charge on any atom is 0.188 e. The molecule has 0 fully saturated rings. The number of allylic oxidation sites excluding steroid dienone is 1. The van der Waals surface area contributed by atoms with Gasteiger partial charge in [0, 0.05) is 11.1 Å². The quantitative estimate of drug-likeness (QED) is 0.646. The first kappa shape index (κ1) is 19.9. The lowest BCUT2D eigenvalue weighted by Crippen LogP contribution is -2.05. The highest BCUT2D eigenvalue weighted by Crippen LogP contribution is 2.31. The predicted octanol–water partition coefficient (Wildman–Crippen LogP) is 6.10. The molecule has 2 nitrogen and oxygen atoms in total.